The molecular weight excluding hydrogens is 312 g/mol. The molecule has 0 N–H and O–H groups in total. The number of nitrogens with zero attached hydrogens (tertiary/aromatic N) is 4. The van der Waals surface area contributed by atoms with Crippen LogP contribution in [-0.4, -0.2) is 44.4 Å². The van der Waals surface area contributed by atoms with Crippen molar-refractivity contribution in [3.05, 3.63) is 36.2 Å². The summed E-state index contributed by atoms with van der Waals surface area (Å²) in [5, 5.41) is 9.04. The van der Waals surface area contributed by atoms with Crippen LogP contribution in [0.1, 0.15) is 18.7 Å². The van der Waals surface area contributed by atoms with E-state index in [-0.39, 0.29) is 5.91 Å². The van der Waals surface area contributed by atoms with Gasteiger partial charge >= 0.3 is 0 Å². The van der Waals surface area contributed by atoms with Gasteiger partial charge in [0.1, 0.15) is 12.4 Å². The third kappa shape index (κ3) is 4.04. The van der Waals surface area contributed by atoms with Gasteiger partial charge in [0.25, 0.3) is 0 Å². The van der Waals surface area contributed by atoms with Gasteiger partial charge in [0, 0.05) is 20.1 Å². The fourth-order valence-corrected chi connectivity index (χ4v) is 3.28. The lowest BCUT2D eigenvalue weighted by Gasteiger charge is -2.14. The number of benzene rings is 1. The predicted molar refractivity (Wildman–Crippen MR) is 88.3 cm³/mol. The minimum absolute atomic E-state index is 0.178. The summed E-state index contributed by atoms with van der Waals surface area (Å²) < 4.78 is 7.57. The average Bonchev–Trinajstić information content (AvgIpc) is 3.22. The third-order valence-electron chi connectivity index (χ3n) is 3.82. The molecule has 0 radical (unpaired) electrons. The number of carbonyl (C=O) groups is 1. The molecule has 1 amide bonds. The van der Waals surface area contributed by atoms with Crippen molar-refractivity contribution in [1.82, 2.24) is 19.7 Å². The number of ether oxygens (including phenoxy) is 1. The second kappa shape index (κ2) is 7.50. The summed E-state index contributed by atoms with van der Waals surface area (Å²) in [7, 11) is 1.90. The summed E-state index contributed by atoms with van der Waals surface area (Å²) in [6.45, 7) is 2.12. The van der Waals surface area contributed by atoms with E-state index in [2.05, 4.69) is 10.2 Å². The average molecular weight is 332 g/mol. The van der Waals surface area contributed by atoms with Crippen molar-refractivity contribution < 1.29 is 9.53 Å². The zero-order valence-corrected chi connectivity index (χ0v) is 14.0. The number of hydrogen-bond acceptors (Lipinski definition) is 5. The first-order valence-corrected chi connectivity index (χ1v) is 8.69. The van der Waals surface area contributed by atoms with Crippen LogP contribution in [0.3, 0.4) is 0 Å². The van der Waals surface area contributed by atoms with Crippen LogP contribution in [-0.2, 0) is 18.4 Å². The molecule has 0 unspecified atom stereocenters. The molecule has 122 valence electrons. The second-order valence-electron chi connectivity index (χ2n) is 5.44. The Balaban J connectivity index is 1.53. The van der Waals surface area contributed by atoms with Gasteiger partial charge in [0.15, 0.2) is 11.0 Å². The van der Waals surface area contributed by atoms with E-state index in [4.69, 9.17) is 4.74 Å². The monoisotopic (exact) mass is 332 g/mol. The Kier molecular flexibility index (Phi) is 5.17. The van der Waals surface area contributed by atoms with Crippen molar-refractivity contribution >= 4 is 17.7 Å². The van der Waals surface area contributed by atoms with Crippen molar-refractivity contribution in [2.24, 2.45) is 7.05 Å². The highest BCUT2D eigenvalue weighted by atomic mass is 32.2. The molecular formula is C16H20N4O2S. The van der Waals surface area contributed by atoms with Gasteiger partial charge in [-0.3, -0.25) is 4.79 Å². The normalized spacial score (nSPS) is 14.2. The molecule has 1 aliphatic rings. The summed E-state index contributed by atoms with van der Waals surface area (Å²) in [5.41, 5.74) is 0. The number of amides is 1. The standard InChI is InChI=1S/C16H20N4O2S/c1-19-14(11-22-13-7-3-2-4-8-13)17-18-16(19)23-12-15(21)20-9-5-6-10-20/h2-4,7-8H,5-6,9-12H2,1H3. The van der Waals surface area contributed by atoms with Gasteiger partial charge in [-0.05, 0) is 25.0 Å². The molecule has 1 saturated heterocycles. The lowest BCUT2D eigenvalue weighted by molar-refractivity contribution is -0.127. The molecule has 0 atom stereocenters. The minimum atomic E-state index is 0.178. The van der Waals surface area contributed by atoms with Crippen LogP contribution in [0.2, 0.25) is 0 Å². The molecule has 0 bridgehead atoms. The van der Waals surface area contributed by atoms with Crippen molar-refractivity contribution in [2.75, 3.05) is 18.8 Å². The highest BCUT2D eigenvalue weighted by Gasteiger charge is 2.19. The van der Waals surface area contributed by atoms with E-state index in [9.17, 15) is 4.79 Å². The fraction of sp³-hybridized carbons (Fsp3) is 0.438. The summed E-state index contributed by atoms with van der Waals surface area (Å²) in [4.78, 5) is 14.0. The van der Waals surface area contributed by atoms with Crippen molar-refractivity contribution in [1.29, 1.82) is 0 Å². The van der Waals surface area contributed by atoms with Crippen LogP contribution in [0.4, 0.5) is 0 Å². The zero-order chi connectivity index (χ0) is 16.1. The Bertz CT molecular complexity index is 653. The molecule has 2 aromatic rings. The predicted octanol–water partition coefficient (Wildman–Crippen LogP) is 2.11. The Labute approximate surface area is 139 Å². The van der Waals surface area contributed by atoms with Crippen LogP contribution < -0.4 is 4.74 Å². The Hall–Kier alpha value is -2.02. The minimum Gasteiger partial charge on any atom is -0.486 e. The third-order valence-corrected chi connectivity index (χ3v) is 4.82. The zero-order valence-electron chi connectivity index (χ0n) is 13.1. The lowest BCUT2D eigenvalue weighted by Crippen LogP contribution is -2.29. The summed E-state index contributed by atoms with van der Waals surface area (Å²) in [6, 6.07) is 9.61. The molecule has 0 saturated carbocycles. The second-order valence-corrected chi connectivity index (χ2v) is 6.38. The van der Waals surface area contributed by atoms with Crippen molar-refractivity contribution in [2.45, 2.75) is 24.6 Å². The summed E-state index contributed by atoms with van der Waals surface area (Å²) >= 11 is 1.43. The van der Waals surface area contributed by atoms with E-state index in [1.807, 2.05) is 46.8 Å². The highest BCUT2D eigenvalue weighted by Crippen LogP contribution is 2.19. The van der Waals surface area contributed by atoms with Crippen LogP contribution in [0.5, 0.6) is 5.75 Å². The summed E-state index contributed by atoms with van der Waals surface area (Å²) in [5.74, 6) is 2.13. The molecule has 3 rings (SSSR count). The quantitative estimate of drug-likeness (QED) is 0.758. The van der Waals surface area contributed by atoms with Gasteiger partial charge < -0.3 is 14.2 Å². The van der Waals surface area contributed by atoms with Gasteiger partial charge in [-0.25, -0.2) is 0 Å². The molecule has 2 heterocycles. The first kappa shape index (κ1) is 15.9. The van der Waals surface area contributed by atoms with Crippen LogP contribution in [0.25, 0.3) is 0 Å². The molecule has 0 aliphatic carbocycles. The number of hydrogen-bond donors (Lipinski definition) is 0. The lowest BCUT2D eigenvalue weighted by atomic mass is 10.3. The number of para-hydroxylation sites is 1. The number of rotatable bonds is 6. The Morgan fingerprint density at radius 3 is 2.70 bits per heavy atom. The molecule has 1 fully saturated rings. The van der Waals surface area contributed by atoms with E-state index in [0.717, 1.165) is 42.7 Å². The molecule has 7 heteroatoms. The number of thioether (sulfide) groups is 1. The van der Waals surface area contributed by atoms with Crippen molar-refractivity contribution in [3.8, 4) is 5.75 Å². The summed E-state index contributed by atoms with van der Waals surface area (Å²) in [6.07, 6.45) is 2.22. The van der Waals surface area contributed by atoms with Crippen molar-refractivity contribution in [3.63, 3.8) is 0 Å². The molecule has 0 spiro atoms. The fourth-order valence-electron chi connectivity index (χ4n) is 2.45. The van der Waals surface area contributed by atoms with E-state index >= 15 is 0 Å². The largest absolute Gasteiger partial charge is 0.486 e. The van der Waals surface area contributed by atoms with E-state index in [1.165, 1.54) is 11.8 Å². The number of likely N-dealkylation sites (tertiary alicyclic amines) is 1. The van der Waals surface area contributed by atoms with Gasteiger partial charge in [-0.1, -0.05) is 30.0 Å². The molecule has 23 heavy (non-hydrogen) atoms. The van der Waals surface area contributed by atoms with E-state index < -0.39 is 0 Å². The van der Waals surface area contributed by atoms with E-state index in [1.54, 1.807) is 0 Å². The number of carbonyl (C=O) groups excluding carboxylic acids is 1. The maximum absolute atomic E-state index is 12.1. The first-order chi connectivity index (χ1) is 11.2. The SMILES string of the molecule is Cn1c(COc2ccccc2)nnc1SCC(=O)N1CCCC1. The van der Waals surface area contributed by atoms with Crippen LogP contribution in [0.15, 0.2) is 35.5 Å². The topological polar surface area (TPSA) is 60.2 Å². The molecule has 1 aromatic heterocycles. The highest BCUT2D eigenvalue weighted by molar-refractivity contribution is 7.99. The smallest absolute Gasteiger partial charge is 0.233 e. The maximum Gasteiger partial charge on any atom is 0.233 e. The van der Waals surface area contributed by atoms with Gasteiger partial charge in [-0.15, -0.1) is 10.2 Å². The molecule has 1 aromatic carbocycles. The molecule has 6 nitrogen and oxygen atoms in total. The maximum atomic E-state index is 12.1. The first-order valence-electron chi connectivity index (χ1n) is 7.71. The van der Waals surface area contributed by atoms with Gasteiger partial charge in [0.2, 0.25) is 5.91 Å². The number of aromatic nitrogens is 3. The Morgan fingerprint density at radius 1 is 1.22 bits per heavy atom. The van der Waals surface area contributed by atoms with Crippen LogP contribution >= 0.6 is 11.8 Å². The van der Waals surface area contributed by atoms with Gasteiger partial charge in [-0.2, -0.15) is 0 Å². The van der Waals surface area contributed by atoms with E-state index in [0.29, 0.717) is 12.4 Å². The van der Waals surface area contributed by atoms with Gasteiger partial charge in [0.05, 0.1) is 5.75 Å². The molecule has 1 aliphatic heterocycles. The van der Waals surface area contributed by atoms with Crippen LogP contribution in [0, 0.1) is 0 Å². The Morgan fingerprint density at radius 2 is 1.96 bits per heavy atom.